The number of hydrogen-bond donors (Lipinski definition) is 1. The summed E-state index contributed by atoms with van der Waals surface area (Å²) in [6.45, 7) is 3.44. The smallest absolute Gasteiger partial charge is 0.271 e. The Hall–Kier alpha value is -3.40. The van der Waals surface area contributed by atoms with E-state index in [1.165, 1.54) is 22.8 Å². The van der Waals surface area contributed by atoms with Gasteiger partial charge in [0.1, 0.15) is 0 Å². The zero-order valence-corrected chi connectivity index (χ0v) is 20.8. The molecule has 0 aliphatic carbocycles. The Morgan fingerprint density at radius 3 is 2.60 bits per heavy atom. The molecule has 178 valence electrons. The van der Waals surface area contributed by atoms with Gasteiger partial charge in [0.05, 0.1) is 37.5 Å². The van der Waals surface area contributed by atoms with Crippen molar-refractivity contribution < 1.29 is 9.72 Å². The number of nitrogens with zero attached hydrogens (tertiary/aromatic N) is 3. The van der Waals surface area contributed by atoms with E-state index in [4.69, 9.17) is 23.2 Å². The lowest BCUT2D eigenvalue weighted by molar-refractivity contribution is -0.384. The highest BCUT2D eigenvalue weighted by atomic mass is 35.5. The topological polar surface area (TPSA) is 107 Å². The summed E-state index contributed by atoms with van der Waals surface area (Å²) in [5.41, 5.74) is 1.36. The molecule has 3 aromatic carbocycles. The molecule has 0 bridgehead atoms. The third kappa shape index (κ3) is 5.02. The third-order valence-electron chi connectivity index (χ3n) is 5.29. The van der Waals surface area contributed by atoms with Crippen LogP contribution in [0.1, 0.15) is 12.5 Å². The Morgan fingerprint density at radius 2 is 1.86 bits per heavy atom. The number of amides is 1. The molecule has 35 heavy (non-hydrogen) atoms. The second-order valence-electron chi connectivity index (χ2n) is 7.61. The number of nitrogens with one attached hydrogen (secondary N) is 1. The standard InChI is InChI=1S/C24H18Cl2N4O4S/c1-13-17(25)7-5-9-21(13)29-23(32)16-6-3-4-8-19(16)28-24(29)35-14(2)22(31)27-20-12-15(30(33)34)10-11-18(20)26/h3-12,14H,1-2H3,(H,27,31). The number of para-hydroxylation sites is 1. The highest BCUT2D eigenvalue weighted by molar-refractivity contribution is 8.00. The van der Waals surface area contributed by atoms with Crippen molar-refractivity contribution in [2.45, 2.75) is 24.3 Å². The normalized spacial score (nSPS) is 11.9. The van der Waals surface area contributed by atoms with Crippen LogP contribution >= 0.6 is 35.0 Å². The fourth-order valence-electron chi connectivity index (χ4n) is 3.41. The van der Waals surface area contributed by atoms with Crippen LogP contribution in [0.3, 0.4) is 0 Å². The summed E-state index contributed by atoms with van der Waals surface area (Å²) in [5, 5.41) is 14.4. The van der Waals surface area contributed by atoms with Crippen molar-refractivity contribution in [2.75, 3.05) is 5.32 Å². The lowest BCUT2D eigenvalue weighted by Gasteiger charge is -2.18. The molecule has 0 aliphatic rings. The molecule has 0 aliphatic heterocycles. The SMILES string of the molecule is Cc1c(Cl)cccc1-n1c(SC(C)C(=O)Nc2cc([N+](=O)[O-])ccc2Cl)nc2ccccc2c1=O. The molecule has 11 heteroatoms. The highest BCUT2D eigenvalue weighted by Crippen LogP contribution is 2.31. The predicted molar refractivity (Wildman–Crippen MR) is 139 cm³/mol. The van der Waals surface area contributed by atoms with Gasteiger partial charge in [0, 0.05) is 17.2 Å². The number of hydrogen-bond acceptors (Lipinski definition) is 6. The minimum Gasteiger partial charge on any atom is -0.324 e. The lowest BCUT2D eigenvalue weighted by atomic mass is 10.2. The summed E-state index contributed by atoms with van der Waals surface area (Å²) in [6.07, 6.45) is 0. The van der Waals surface area contributed by atoms with Gasteiger partial charge in [-0.1, -0.05) is 53.2 Å². The van der Waals surface area contributed by atoms with E-state index in [0.29, 0.717) is 32.3 Å². The van der Waals surface area contributed by atoms with Crippen LogP contribution in [0.25, 0.3) is 16.6 Å². The van der Waals surface area contributed by atoms with Gasteiger partial charge in [0.25, 0.3) is 11.2 Å². The van der Waals surface area contributed by atoms with Crippen LogP contribution in [0.4, 0.5) is 11.4 Å². The second kappa shape index (κ2) is 10.1. The average molecular weight is 529 g/mol. The Bertz CT molecular complexity index is 1540. The first kappa shape index (κ1) is 24.7. The van der Waals surface area contributed by atoms with E-state index in [2.05, 4.69) is 10.3 Å². The molecule has 1 amide bonds. The molecular weight excluding hydrogens is 511 g/mol. The van der Waals surface area contributed by atoms with Crippen molar-refractivity contribution >= 4 is 63.1 Å². The zero-order valence-electron chi connectivity index (χ0n) is 18.5. The molecule has 4 aromatic rings. The minimum absolute atomic E-state index is 0.118. The van der Waals surface area contributed by atoms with Crippen molar-refractivity contribution in [3.63, 3.8) is 0 Å². The van der Waals surface area contributed by atoms with E-state index < -0.39 is 16.1 Å². The number of fused-ring (bicyclic) bond motifs is 1. The maximum atomic E-state index is 13.5. The summed E-state index contributed by atoms with van der Waals surface area (Å²) in [4.78, 5) is 41.6. The Morgan fingerprint density at radius 1 is 1.11 bits per heavy atom. The van der Waals surface area contributed by atoms with Crippen molar-refractivity contribution in [1.29, 1.82) is 0 Å². The van der Waals surface area contributed by atoms with Crippen LogP contribution in [0.5, 0.6) is 0 Å². The average Bonchev–Trinajstić information content (AvgIpc) is 2.82. The van der Waals surface area contributed by atoms with E-state index in [1.54, 1.807) is 56.3 Å². The summed E-state index contributed by atoms with van der Waals surface area (Å²) < 4.78 is 1.44. The van der Waals surface area contributed by atoms with Gasteiger partial charge in [-0.05, 0) is 49.7 Å². The van der Waals surface area contributed by atoms with Crippen LogP contribution < -0.4 is 10.9 Å². The van der Waals surface area contributed by atoms with Gasteiger partial charge in [0.2, 0.25) is 5.91 Å². The van der Waals surface area contributed by atoms with Crippen LogP contribution in [-0.4, -0.2) is 25.6 Å². The summed E-state index contributed by atoms with van der Waals surface area (Å²) in [6, 6.07) is 16.0. The molecular formula is C24H18Cl2N4O4S. The number of nitro benzene ring substituents is 1. The van der Waals surface area contributed by atoms with Crippen molar-refractivity contribution in [3.8, 4) is 5.69 Å². The van der Waals surface area contributed by atoms with Gasteiger partial charge in [-0.15, -0.1) is 0 Å². The maximum Gasteiger partial charge on any atom is 0.271 e. The number of carbonyl (C=O) groups excluding carboxylic acids is 1. The van der Waals surface area contributed by atoms with E-state index in [1.807, 2.05) is 0 Å². The molecule has 4 rings (SSSR count). The van der Waals surface area contributed by atoms with Crippen LogP contribution in [0, 0.1) is 17.0 Å². The van der Waals surface area contributed by atoms with Gasteiger partial charge in [-0.3, -0.25) is 24.3 Å². The molecule has 1 heterocycles. The third-order valence-corrected chi connectivity index (χ3v) is 7.09. The van der Waals surface area contributed by atoms with Gasteiger partial charge >= 0.3 is 0 Å². The first-order valence-corrected chi connectivity index (χ1v) is 12.0. The van der Waals surface area contributed by atoms with Crippen LogP contribution in [-0.2, 0) is 4.79 Å². The summed E-state index contributed by atoms with van der Waals surface area (Å²) >= 11 is 13.5. The molecule has 1 aromatic heterocycles. The second-order valence-corrected chi connectivity index (χ2v) is 9.73. The van der Waals surface area contributed by atoms with E-state index in [-0.39, 0.29) is 22.0 Å². The Balaban J connectivity index is 1.74. The Labute approximate surface area is 214 Å². The number of rotatable bonds is 6. The summed E-state index contributed by atoms with van der Waals surface area (Å²) in [5.74, 6) is -0.464. The first-order chi connectivity index (χ1) is 16.7. The fraction of sp³-hybridized carbons (Fsp3) is 0.125. The molecule has 1 unspecified atom stereocenters. The molecule has 1 atom stereocenters. The van der Waals surface area contributed by atoms with Gasteiger partial charge in [0.15, 0.2) is 5.16 Å². The van der Waals surface area contributed by atoms with Gasteiger partial charge < -0.3 is 5.32 Å². The molecule has 1 N–H and O–H groups in total. The predicted octanol–water partition coefficient (Wildman–Crippen LogP) is 6.03. The number of non-ortho nitro benzene ring substituents is 1. The highest BCUT2D eigenvalue weighted by Gasteiger charge is 2.22. The monoisotopic (exact) mass is 528 g/mol. The molecule has 0 saturated carbocycles. The van der Waals surface area contributed by atoms with Crippen LogP contribution in [0.15, 0.2) is 70.6 Å². The molecule has 0 fully saturated rings. The van der Waals surface area contributed by atoms with Crippen molar-refractivity contribution in [2.24, 2.45) is 0 Å². The van der Waals surface area contributed by atoms with Crippen LogP contribution in [0.2, 0.25) is 10.0 Å². The largest absolute Gasteiger partial charge is 0.324 e. The first-order valence-electron chi connectivity index (χ1n) is 10.4. The van der Waals surface area contributed by atoms with Gasteiger partial charge in [-0.2, -0.15) is 0 Å². The van der Waals surface area contributed by atoms with E-state index >= 15 is 0 Å². The van der Waals surface area contributed by atoms with E-state index in [0.717, 1.165) is 11.8 Å². The molecule has 0 spiro atoms. The number of carbonyl (C=O) groups is 1. The minimum atomic E-state index is -0.732. The number of anilines is 1. The fourth-order valence-corrected chi connectivity index (χ4v) is 4.67. The number of nitro groups is 1. The van der Waals surface area contributed by atoms with Gasteiger partial charge in [-0.25, -0.2) is 4.98 Å². The van der Waals surface area contributed by atoms with Crippen molar-refractivity contribution in [1.82, 2.24) is 9.55 Å². The maximum absolute atomic E-state index is 13.5. The number of thioether (sulfide) groups is 1. The Kier molecular flexibility index (Phi) is 7.11. The number of halogens is 2. The quantitative estimate of drug-likeness (QED) is 0.142. The number of aromatic nitrogens is 2. The van der Waals surface area contributed by atoms with E-state index in [9.17, 15) is 19.7 Å². The molecule has 8 nitrogen and oxygen atoms in total. The lowest BCUT2D eigenvalue weighted by Crippen LogP contribution is -2.26. The summed E-state index contributed by atoms with van der Waals surface area (Å²) in [7, 11) is 0. The number of benzene rings is 3. The molecule has 0 radical (unpaired) electrons. The zero-order chi connectivity index (χ0) is 25.3. The van der Waals surface area contributed by atoms with Crippen molar-refractivity contribution in [3.05, 3.63) is 96.7 Å². The molecule has 0 saturated heterocycles.